The van der Waals surface area contributed by atoms with Crippen LogP contribution in [0.2, 0.25) is 0 Å². The molecule has 0 saturated carbocycles. The molecule has 2 heterocycles. The first-order valence-electron chi connectivity index (χ1n) is 9.72. The van der Waals surface area contributed by atoms with E-state index in [0.717, 1.165) is 35.9 Å². The number of carbonyl (C=O) groups excluding carboxylic acids is 1. The molecule has 148 valence electrons. The van der Waals surface area contributed by atoms with Gasteiger partial charge in [-0.3, -0.25) is 14.2 Å². The minimum Gasteiger partial charge on any atom is -0.351 e. The highest BCUT2D eigenvalue weighted by Crippen LogP contribution is 2.35. The van der Waals surface area contributed by atoms with Crippen molar-refractivity contribution in [3.63, 3.8) is 0 Å². The molecule has 0 fully saturated rings. The lowest BCUT2D eigenvalue weighted by molar-refractivity contribution is -0.119. The van der Waals surface area contributed by atoms with Crippen molar-refractivity contribution in [2.24, 2.45) is 0 Å². The second-order valence-electron chi connectivity index (χ2n) is 8.30. The van der Waals surface area contributed by atoms with Gasteiger partial charge in [0, 0.05) is 16.5 Å². The third-order valence-electron chi connectivity index (χ3n) is 4.87. The van der Waals surface area contributed by atoms with Gasteiger partial charge in [0.05, 0.1) is 11.1 Å². The predicted molar refractivity (Wildman–Crippen MR) is 114 cm³/mol. The molecule has 27 heavy (non-hydrogen) atoms. The molecular weight excluding hydrogens is 378 g/mol. The molecule has 0 spiro atoms. The van der Waals surface area contributed by atoms with Crippen LogP contribution in [0.5, 0.6) is 0 Å². The van der Waals surface area contributed by atoms with Gasteiger partial charge in [-0.2, -0.15) is 0 Å². The van der Waals surface area contributed by atoms with Crippen LogP contribution in [0.15, 0.2) is 9.95 Å². The van der Waals surface area contributed by atoms with Gasteiger partial charge in [0.25, 0.3) is 5.56 Å². The fraction of sp³-hybridized carbons (Fsp3) is 0.650. The zero-order chi connectivity index (χ0) is 19.8. The molecule has 2 aromatic heterocycles. The van der Waals surface area contributed by atoms with E-state index < -0.39 is 0 Å². The number of aromatic nitrogens is 2. The zero-order valence-electron chi connectivity index (χ0n) is 16.8. The van der Waals surface area contributed by atoms with Gasteiger partial charge < -0.3 is 5.32 Å². The number of nitrogens with zero attached hydrogens (tertiary/aromatic N) is 2. The molecule has 0 aromatic carbocycles. The number of amides is 1. The van der Waals surface area contributed by atoms with E-state index in [1.54, 1.807) is 15.9 Å². The first kappa shape index (κ1) is 20.4. The first-order valence-corrected chi connectivity index (χ1v) is 11.5. The lowest BCUT2D eigenvalue weighted by atomic mass is 9.97. The number of thioether (sulfide) groups is 1. The largest absolute Gasteiger partial charge is 0.351 e. The molecule has 0 aliphatic heterocycles. The van der Waals surface area contributed by atoms with Crippen LogP contribution in [0, 0.1) is 0 Å². The van der Waals surface area contributed by atoms with Crippen LogP contribution >= 0.6 is 23.1 Å². The van der Waals surface area contributed by atoms with Crippen LogP contribution < -0.4 is 10.9 Å². The quantitative estimate of drug-likeness (QED) is 0.592. The van der Waals surface area contributed by atoms with Crippen LogP contribution in [-0.4, -0.2) is 26.8 Å². The lowest BCUT2D eigenvalue weighted by Gasteiger charge is -2.21. The third kappa shape index (κ3) is 4.40. The maximum Gasteiger partial charge on any atom is 0.263 e. The highest BCUT2D eigenvalue weighted by atomic mass is 32.2. The van der Waals surface area contributed by atoms with E-state index in [4.69, 9.17) is 4.98 Å². The summed E-state index contributed by atoms with van der Waals surface area (Å²) in [5.74, 6) is 0.222. The minimum atomic E-state index is -0.266. The maximum absolute atomic E-state index is 13.4. The van der Waals surface area contributed by atoms with E-state index >= 15 is 0 Å². The lowest BCUT2D eigenvalue weighted by Crippen LogP contribution is -2.41. The Morgan fingerprint density at radius 1 is 1.33 bits per heavy atom. The van der Waals surface area contributed by atoms with Gasteiger partial charge in [0.15, 0.2) is 5.16 Å². The fourth-order valence-electron chi connectivity index (χ4n) is 3.46. The third-order valence-corrected chi connectivity index (χ3v) is 7.01. The van der Waals surface area contributed by atoms with Crippen molar-refractivity contribution in [2.45, 2.75) is 83.5 Å². The molecule has 1 aliphatic rings. The predicted octanol–water partition coefficient (Wildman–Crippen LogP) is 4.31. The smallest absolute Gasteiger partial charge is 0.263 e. The molecular formula is C20H29N3O2S2. The summed E-state index contributed by atoms with van der Waals surface area (Å²) in [6, 6.07) is 0.0571. The summed E-state index contributed by atoms with van der Waals surface area (Å²) in [6.45, 7) is 10.0. The Morgan fingerprint density at radius 2 is 2.04 bits per heavy atom. The van der Waals surface area contributed by atoms with Gasteiger partial charge in [-0.25, -0.2) is 4.98 Å². The van der Waals surface area contributed by atoms with Crippen LogP contribution in [0.3, 0.4) is 0 Å². The van der Waals surface area contributed by atoms with Crippen molar-refractivity contribution < 1.29 is 4.79 Å². The monoisotopic (exact) mass is 407 g/mol. The number of hydrogen-bond acceptors (Lipinski definition) is 5. The summed E-state index contributed by atoms with van der Waals surface area (Å²) in [4.78, 5) is 32.6. The van der Waals surface area contributed by atoms with Gasteiger partial charge in [-0.15, -0.1) is 11.3 Å². The fourth-order valence-corrected chi connectivity index (χ4v) is 5.66. The van der Waals surface area contributed by atoms with Crippen LogP contribution in [-0.2, 0) is 17.6 Å². The Labute approximate surface area is 169 Å². The van der Waals surface area contributed by atoms with Crippen molar-refractivity contribution in [3.8, 4) is 0 Å². The molecule has 3 rings (SSSR count). The van der Waals surface area contributed by atoms with E-state index in [-0.39, 0.29) is 28.8 Å². The van der Waals surface area contributed by atoms with Crippen molar-refractivity contribution in [2.75, 3.05) is 5.75 Å². The Morgan fingerprint density at radius 3 is 2.70 bits per heavy atom. The Kier molecular flexibility index (Phi) is 6.01. The highest BCUT2D eigenvalue weighted by molar-refractivity contribution is 7.99. The molecule has 1 aliphatic carbocycles. The molecule has 1 N–H and O–H groups in total. The summed E-state index contributed by atoms with van der Waals surface area (Å²) >= 11 is 3.02. The summed E-state index contributed by atoms with van der Waals surface area (Å²) < 4.78 is 1.80. The first-order chi connectivity index (χ1) is 12.7. The Hall–Kier alpha value is -1.34. The molecule has 0 bridgehead atoms. The molecule has 5 nitrogen and oxygen atoms in total. The van der Waals surface area contributed by atoms with Crippen molar-refractivity contribution >= 4 is 39.2 Å². The van der Waals surface area contributed by atoms with Gasteiger partial charge >= 0.3 is 0 Å². The van der Waals surface area contributed by atoms with E-state index in [1.165, 1.54) is 28.6 Å². The van der Waals surface area contributed by atoms with Gasteiger partial charge in [0.2, 0.25) is 5.91 Å². The average Bonchev–Trinajstić information content (AvgIpc) is 2.96. The average molecular weight is 408 g/mol. The molecule has 0 saturated heterocycles. The number of fused-ring (bicyclic) bond motifs is 3. The molecule has 1 unspecified atom stereocenters. The minimum absolute atomic E-state index is 0.0389. The summed E-state index contributed by atoms with van der Waals surface area (Å²) in [7, 11) is 0. The van der Waals surface area contributed by atoms with Crippen LogP contribution in [0.25, 0.3) is 10.2 Å². The normalized spacial score (nSPS) is 15.6. The summed E-state index contributed by atoms with van der Waals surface area (Å²) in [5.41, 5.74) is 1.02. The highest BCUT2D eigenvalue weighted by Gasteiger charge is 2.24. The van der Waals surface area contributed by atoms with Crippen LogP contribution in [0.4, 0.5) is 0 Å². The standard InChI is InChI=1S/C20H29N3O2S2/c1-6-12(2)23-18(25)16-13-9-7-8-10-14(13)27-17(16)21-19(23)26-11-15(24)22-20(3,4)5/h12H,6-11H2,1-5H3,(H,22,24). The van der Waals surface area contributed by atoms with Gasteiger partial charge in [-0.1, -0.05) is 18.7 Å². The van der Waals surface area contributed by atoms with Gasteiger partial charge in [0.1, 0.15) is 4.83 Å². The number of hydrogen-bond donors (Lipinski definition) is 1. The zero-order valence-corrected chi connectivity index (χ0v) is 18.5. The number of thiophene rings is 1. The van der Waals surface area contributed by atoms with E-state index in [1.807, 2.05) is 27.7 Å². The summed E-state index contributed by atoms with van der Waals surface area (Å²) in [5, 5.41) is 4.45. The second-order valence-corrected chi connectivity index (χ2v) is 10.3. The number of carbonyl (C=O) groups is 1. The topological polar surface area (TPSA) is 64.0 Å². The van der Waals surface area contributed by atoms with Crippen molar-refractivity contribution in [3.05, 3.63) is 20.8 Å². The SMILES string of the molecule is CCC(C)n1c(SCC(=O)NC(C)(C)C)nc2sc3c(c2c1=O)CCCC3. The van der Waals surface area contributed by atoms with Crippen molar-refractivity contribution in [1.82, 2.24) is 14.9 Å². The van der Waals surface area contributed by atoms with Gasteiger partial charge in [-0.05, 0) is 65.4 Å². The van der Waals surface area contributed by atoms with Crippen LogP contribution in [0.1, 0.15) is 70.4 Å². The summed E-state index contributed by atoms with van der Waals surface area (Å²) in [6.07, 6.45) is 5.21. The van der Waals surface area contributed by atoms with E-state index in [0.29, 0.717) is 5.16 Å². The van der Waals surface area contributed by atoms with Crippen molar-refractivity contribution in [1.29, 1.82) is 0 Å². The van der Waals surface area contributed by atoms with E-state index in [2.05, 4.69) is 12.2 Å². The maximum atomic E-state index is 13.4. The second kappa shape index (κ2) is 7.95. The molecule has 2 aromatic rings. The molecule has 1 atom stereocenters. The Balaban J connectivity index is 2.01. The molecule has 7 heteroatoms. The molecule has 1 amide bonds. The molecule has 0 radical (unpaired) electrons. The number of aryl methyl sites for hydroxylation is 2. The number of rotatable bonds is 5. The Bertz CT molecular complexity index is 909. The number of nitrogens with one attached hydrogen (secondary N) is 1. The van der Waals surface area contributed by atoms with E-state index in [9.17, 15) is 9.59 Å².